The van der Waals surface area contributed by atoms with Crippen molar-refractivity contribution in [2.45, 2.75) is 48.4 Å². The SMILES string of the molecule is CC(=O)N[C@@]12C(=O)c3c(cccc3S(=O)(=O)O)C(=O)[C@@]1(Oc1cccc(C)c1)O[C@H](CO)[C@@H](O)[C@@H]2O. The zero-order valence-electron chi connectivity index (χ0n) is 19.0. The first kappa shape index (κ1) is 25.9. The van der Waals surface area contributed by atoms with Crippen molar-refractivity contribution >= 4 is 27.6 Å². The van der Waals surface area contributed by atoms with Gasteiger partial charge < -0.3 is 30.1 Å². The van der Waals surface area contributed by atoms with Gasteiger partial charge in [-0.3, -0.25) is 18.9 Å². The Kier molecular flexibility index (Phi) is 6.27. The molecule has 2 aliphatic rings. The number of fused-ring (bicyclic) bond motifs is 2. The topological polar surface area (TPSA) is 197 Å². The van der Waals surface area contributed by atoms with Crippen molar-refractivity contribution < 1.29 is 52.1 Å². The van der Waals surface area contributed by atoms with Gasteiger partial charge in [-0.15, -0.1) is 0 Å². The van der Waals surface area contributed by atoms with Crippen LogP contribution in [0.2, 0.25) is 0 Å². The summed E-state index contributed by atoms with van der Waals surface area (Å²) in [5.41, 5.74) is -3.66. The minimum Gasteiger partial charge on any atom is -0.452 e. The number of aliphatic hydroxyl groups excluding tert-OH is 3. The first-order chi connectivity index (χ1) is 16.8. The maximum absolute atomic E-state index is 14.1. The number of aliphatic hydroxyl groups is 3. The number of ether oxygens (including phenoxy) is 2. The average molecular weight is 522 g/mol. The molecule has 0 bridgehead atoms. The number of rotatable bonds is 5. The van der Waals surface area contributed by atoms with Gasteiger partial charge in [0, 0.05) is 12.5 Å². The molecule has 1 aliphatic carbocycles. The first-order valence-corrected chi connectivity index (χ1v) is 12.1. The molecule has 0 unspecified atom stereocenters. The van der Waals surface area contributed by atoms with Crippen molar-refractivity contribution in [2.24, 2.45) is 0 Å². The highest BCUT2D eigenvalue weighted by molar-refractivity contribution is 7.86. The lowest BCUT2D eigenvalue weighted by Crippen LogP contribution is -2.86. The molecule has 2 aromatic rings. The number of hydrogen-bond donors (Lipinski definition) is 5. The van der Waals surface area contributed by atoms with Crippen molar-refractivity contribution in [3.8, 4) is 5.75 Å². The summed E-state index contributed by atoms with van der Waals surface area (Å²) in [7, 11) is -5.08. The fourth-order valence-electron chi connectivity index (χ4n) is 4.72. The quantitative estimate of drug-likeness (QED) is 0.315. The number of amides is 1. The number of carbonyl (C=O) groups excluding carboxylic acids is 3. The van der Waals surface area contributed by atoms with E-state index >= 15 is 0 Å². The Hall–Kier alpha value is -3.20. The lowest BCUT2D eigenvalue weighted by atomic mass is 9.64. The second kappa shape index (κ2) is 8.73. The molecule has 0 saturated carbocycles. The molecule has 4 rings (SSSR count). The molecular weight excluding hydrogens is 498 g/mol. The second-order valence-corrected chi connectivity index (χ2v) is 10.0. The summed E-state index contributed by atoms with van der Waals surface area (Å²) in [6, 6.07) is 9.15. The van der Waals surface area contributed by atoms with Gasteiger partial charge in [0.05, 0.1) is 12.2 Å². The van der Waals surface area contributed by atoms with E-state index in [-0.39, 0.29) is 5.75 Å². The number of Topliss-reactive ketones (excluding diaryl/α,β-unsaturated/α-hetero) is 2. The molecule has 1 aliphatic heterocycles. The molecule has 192 valence electrons. The van der Waals surface area contributed by atoms with E-state index in [0.717, 1.165) is 25.1 Å². The van der Waals surface area contributed by atoms with Crippen LogP contribution in [-0.2, 0) is 19.6 Å². The van der Waals surface area contributed by atoms with Gasteiger partial charge in [0.25, 0.3) is 10.1 Å². The minimum absolute atomic E-state index is 0.0412. The highest BCUT2D eigenvalue weighted by Crippen LogP contribution is 2.48. The predicted molar refractivity (Wildman–Crippen MR) is 120 cm³/mol. The number of nitrogens with one attached hydrogen (secondary N) is 1. The van der Waals surface area contributed by atoms with E-state index in [2.05, 4.69) is 5.32 Å². The van der Waals surface area contributed by atoms with Gasteiger partial charge in [-0.2, -0.15) is 8.42 Å². The fourth-order valence-corrected chi connectivity index (χ4v) is 5.43. The van der Waals surface area contributed by atoms with Crippen LogP contribution in [0.5, 0.6) is 5.75 Å². The summed E-state index contributed by atoms with van der Waals surface area (Å²) >= 11 is 0. The van der Waals surface area contributed by atoms with Gasteiger partial charge >= 0.3 is 5.79 Å². The Morgan fingerprint density at radius 1 is 1.14 bits per heavy atom. The molecule has 1 heterocycles. The molecule has 0 radical (unpaired) electrons. The van der Waals surface area contributed by atoms with Gasteiger partial charge in [-0.05, 0) is 30.7 Å². The van der Waals surface area contributed by atoms with Crippen molar-refractivity contribution in [1.29, 1.82) is 0 Å². The van der Waals surface area contributed by atoms with E-state index in [1.807, 2.05) is 0 Å². The van der Waals surface area contributed by atoms with Crippen LogP contribution in [0.15, 0.2) is 47.4 Å². The fraction of sp³-hybridized carbons (Fsp3) is 0.348. The van der Waals surface area contributed by atoms with Crippen molar-refractivity contribution in [2.75, 3.05) is 6.61 Å². The van der Waals surface area contributed by atoms with Crippen molar-refractivity contribution in [3.05, 3.63) is 59.2 Å². The van der Waals surface area contributed by atoms with E-state index in [1.54, 1.807) is 19.1 Å². The van der Waals surface area contributed by atoms with E-state index < -0.39 is 79.9 Å². The molecule has 2 aromatic carbocycles. The number of carbonyl (C=O) groups is 3. The third-order valence-corrected chi connectivity index (χ3v) is 7.12. The highest BCUT2D eigenvalue weighted by Gasteiger charge is 2.77. The van der Waals surface area contributed by atoms with Gasteiger partial charge in [-0.1, -0.05) is 24.3 Å². The Morgan fingerprint density at radius 3 is 2.39 bits per heavy atom. The van der Waals surface area contributed by atoms with E-state index in [1.165, 1.54) is 12.1 Å². The van der Waals surface area contributed by atoms with Crippen LogP contribution in [0.25, 0.3) is 0 Å². The molecule has 12 nitrogen and oxygen atoms in total. The minimum atomic E-state index is -5.08. The van der Waals surface area contributed by atoms with Crippen LogP contribution in [0.4, 0.5) is 0 Å². The van der Waals surface area contributed by atoms with Gasteiger partial charge in [0.15, 0.2) is 0 Å². The average Bonchev–Trinajstić information content (AvgIpc) is 2.80. The Balaban J connectivity index is 2.13. The van der Waals surface area contributed by atoms with Gasteiger partial charge in [0.2, 0.25) is 23.0 Å². The molecule has 0 spiro atoms. The molecule has 13 heteroatoms. The molecule has 5 N–H and O–H groups in total. The van der Waals surface area contributed by atoms with Crippen LogP contribution in [-0.4, -0.2) is 82.0 Å². The lowest BCUT2D eigenvalue weighted by molar-refractivity contribution is -0.298. The van der Waals surface area contributed by atoms with Crippen LogP contribution in [0.1, 0.15) is 33.2 Å². The smallest absolute Gasteiger partial charge is 0.309 e. The van der Waals surface area contributed by atoms with E-state index in [9.17, 15) is 42.7 Å². The van der Waals surface area contributed by atoms with Crippen LogP contribution < -0.4 is 10.1 Å². The number of benzene rings is 2. The first-order valence-electron chi connectivity index (χ1n) is 10.7. The van der Waals surface area contributed by atoms with Crippen LogP contribution in [0.3, 0.4) is 0 Å². The molecule has 1 fully saturated rings. The summed E-state index contributed by atoms with van der Waals surface area (Å²) in [5.74, 6) is -6.50. The van der Waals surface area contributed by atoms with E-state index in [4.69, 9.17) is 9.47 Å². The Morgan fingerprint density at radius 2 is 1.81 bits per heavy atom. The third-order valence-electron chi connectivity index (χ3n) is 6.22. The second-order valence-electron chi connectivity index (χ2n) is 8.61. The summed E-state index contributed by atoms with van der Waals surface area (Å²) in [6.07, 6.45) is -6.03. The maximum atomic E-state index is 14.1. The molecule has 1 amide bonds. The van der Waals surface area contributed by atoms with Gasteiger partial charge in [-0.25, -0.2) is 0 Å². The summed E-state index contributed by atoms with van der Waals surface area (Å²) in [4.78, 5) is 39.6. The summed E-state index contributed by atoms with van der Waals surface area (Å²) in [6.45, 7) is 1.72. The largest absolute Gasteiger partial charge is 0.452 e. The molecular formula is C23H23NO11S. The monoisotopic (exact) mass is 521 g/mol. The molecule has 5 atom stereocenters. The predicted octanol–water partition coefficient (Wildman–Crippen LogP) is -0.616. The van der Waals surface area contributed by atoms with Crippen molar-refractivity contribution in [1.82, 2.24) is 5.32 Å². The van der Waals surface area contributed by atoms with Crippen LogP contribution >= 0.6 is 0 Å². The molecule has 0 aromatic heterocycles. The third kappa shape index (κ3) is 3.63. The normalized spacial score (nSPS) is 29.8. The van der Waals surface area contributed by atoms with Gasteiger partial charge in [0.1, 0.15) is 29.0 Å². The van der Waals surface area contributed by atoms with Crippen molar-refractivity contribution in [3.63, 3.8) is 0 Å². The summed E-state index contributed by atoms with van der Waals surface area (Å²) in [5, 5.41) is 33.9. The zero-order valence-corrected chi connectivity index (χ0v) is 19.9. The molecule has 1 saturated heterocycles. The Labute approximate surface area is 205 Å². The summed E-state index contributed by atoms with van der Waals surface area (Å²) < 4.78 is 45.6. The van der Waals surface area contributed by atoms with Crippen LogP contribution in [0, 0.1) is 6.92 Å². The number of aryl methyl sites for hydroxylation is 1. The lowest BCUT2D eigenvalue weighted by Gasteiger charge is -2.57. The standard InChI is InChI=1S/C23H23NO11S/c1-11-5-3-6-13(9-11)34-23-19(28)14-7-4-8-16(36(31,32)33)17(14)20(29)22(23,24-12(2)26)21(30)18(27)15(10-25)35-23/h3-9,15,18,21,25,27,30H,10H2,1-2H3,(H,24,26)(H,31,32,33)/t15-,18-,21+,22-,23-/m1/s1. The highest BCUT2D eigenvalue weighted by atomic mass is 32.2. The zero-order chi connectivity index (χ0) is 26.6. The molecule has 36 heavy (non-hydrogen) atoms. The number of hydrogen-bond acceptors (Lipinski definition) is 10. The van der Waals surface area contributed by atoms with E-state index in [0.29, 0.717) is 5.56 Å². The maximum Gasteiger partial charge on any atom is 0.309 e. The Bertz CT molecular complexity index is 1370. The number of ketones is 2.